The van der Waals surface area contributed by atoms with E-state index < -0.39 is 0 Å². The van der Waals surface area contributed by atoms with Crippen LogP contribution < -0.4 is 4.90 Å². The van der Waals surface area contributed by atoms with Gasteiger partial charge in [0.15, 0.2) is 11.5 Å². The monoisotopic (exact) mass is 446 g/mol. The molecule has 158 valence electrons. The van der Waals surface area contributed by atoms with Crippen LogP contribution in [0.3, 0.4) is 0 Å². The van der Waals surface area contributed by atoms with Crippen LogP contribution >= 0.6 is 23.2 Å². The first-order valence-corrected chi connectivity index (χ1v) is 10.9. The van der Waals surface area contributed by atoms with Crippen LogP contribution in [0.1, 0.15) is 37.1 Å². The zero-order valence-corrected chi connectivity index (χ0v) is 18.4. The summed E-state index contributed by atoms with van der Waals surface area (Å²) in [6, 6.07) is 9.64. The number of fused-ring (bicyclic) bond motifs is 1. The summed E-state index contributed by atoms with van der Waals surface area (Å²) in [7, 11) is 0. The number of aryl methyl sites for hydroxylation is 1. The standard InChI is InChI=1S/C13H16N6O.C8H8Cl2/c20-9-17-5-7-18(8-6-17)12-4-3-11-14-15-13(10-1-2-10)19(11)16-12;1-2-6-3-4-7(9)8(10)5-6/h3-4,9-10H,1-2,5-8H2;3-5H,2H2,1H3. The number of carbonyl (C=O) groups excluding carboxylic acids is 1. The molecule has 2 aromatic heterocycles. The number of halogens is 2. The number of amides is 1. The lowest BCUT2D eigenvalue weighted by Crippen LogP contribution is -2.46. The number of benzene rings is 1. The minimum absolute atomic E-state index is 0.527. The molecule has 1 saturated heterocycles. The number of hydrogen-bond acceptors (Lipinski definition) is 5. The van der Waals surface area contributed by atoms with Crippen LogP contribution in [0.2, 0.25) is 10.0 Å². The number of anilines is 1. The van der Waals surface area contributed by atoms with Crippen molar-refractivity contribution in [3.8, 4) is 0 Å². The topological polar surface area (TPSA) is 66.6 Å². The molecular weight excluding hydrogens is 423 g/mol. The van der Waals surface area contributed by atoms with E-state index in [1.54, 1.807) is 4.90 Å². The minimum atomic E-state index is 0.527. The van der Waals surface area contributed by atoms with E-state index in [1.807, 2.05) is 34.8 Å². The Hall–Kier alpha value is -2.38. The Morgan fingerprint density at radius 3 is 2.43 bits per heavy atom. The Kier molecular flexibility index (Phi) is 6.39. The highest BCUT2D eigenvalue weighted by Crippen LogP contribution is 2.38. The number of aromatic nitrogens is 4. The fraction of sp³-hybridized carbons (Fsp3) is 0.429. The zero-order valence-electron chi connectivity index (χ0n) is 16.8. The summed E-state index contributed by atoms with van der Waals surface area (Å²) in [5.74, 6) is 2.44. The zero-order chi connectivity index (χ0) is 21.1. The van der Waals surface area contributed by atoms with E-state index in [2.05, 4.69) is 27.1 Å². The molecule has 0 atom stereocenters. The second kappa shape index (κ2) is 9.18. The van der Waals surface area contributed by atoms with Gasteiger partial charge in [0.2, 0.25) is 6.41 Å². The predicted molar refractivity (Wildman–Crippen MR) is 118 cm³/mol. The van der Waals surface area contributed by atoms with Crippen molar-refractivity contribution in [3.05, 3.63) is 51.8 Å². The van der Waals surface area contributed by atoms with Gasteiger partial charge < -0.3 is 9.80 Å². The highest BCUT2D eigenvalue weighted by molar-refractivity contribution is 6.42. The van der Waals surface area contributed by atoms with E-state index >= 15 is 0 Å². The van der Waals surface area contributed by atoms with E-state index in [9.17, 15) is 4.79 Å². The van der Waals surface area contributed by atoms with Gasteiger partial charge in [0, 0.05) is 32.1 Å². The summed E-state index contributed by atoms with van der Waals surface area (Å²) < 4.78 is 1.87. The van der Waals surface area contributed by atoms with Gasteiger partial charge in [0.25, 0.3) is 0 Å². The molecule has 1 aliphatic carbocycles. The molecule has 0 unspecified atom stereocenters. The maximum Gasteiger partial charge on any atom is 0.209 e. The number of nitrogens with zero attached hydrogens (tertiary/aromatic N) is 6. The molecule has 3 heterocycles. The van der Waals surface area contributed by atoms with Crippen molar-refractivity contribution in [2.24, 2.45) is 0 Å². The lowest BCUT2D eigenvalue weighted by Gasteiger charge is -2.33. The van der Waals surface area contributed by atoms with Crippen LogP contribution in [0.15, 0.2) is 30.3 Å². The fourth-order valence-electron chi connectivity index (χ4n) is 3.38. The summed E-state index contributed by atoms with van der Waals surface area (Å²) in [5, 5.41) is 14.4. The lowest BCUT2D eigenvalue weighted by atomic mass is 10.2. The van der Waals surface area contributed by atoms with E-state index in [1.165, 1.54) is 18.4 Å². The SMILES string of the molecule is CCc1ccc(Cl)c(Cl)c1.O=CN1CCN(c2ccc3nnc(C4CC4)n3n2)CC1. The normalized spacial score (nSPS) is 16.4. The van der Waals surface area contributed by atoms with E-state index in [0.717, 1.165) is 56.3 Å². The minimum Gasteiger partial charge on any atom is -0.352 e. The van der Waals surface area contributed by atoms with Crippen molar-refractivity contribution in [2.45, 2.75) is 32.1 Å². The molecule has 2 aliphatic rings. The van der Waals surface area contributed by atoms with Gasteiger partial charge in [0.1, 0.15) is 5.82 Å². The molecule has 7 nitrogen and oxygen atoms in total. The largest absolute Gasteiger partial charge is 0.352 e. The van der Waals surface area contributed by atoms with Gasteiger partial charge in [-0.1, -0.05) is 36.2 Å². The Bertz CT molecular complexity index is 1030. The van der Waals surface area contributed by atoms with Gasteiger partial charge in [-0.3, -0.25) is 4.79 Å². The van der Waals surface area contributed by atoms with E-state index in [0.29, 0.717) is 16.0 Å². The second-order valence-electron chi connectivity index (χ2n) is 7.52. The van der Waals surface area contributed by atoms with Gasteiger partial charge in [-0.25, -0.2) is 0 Å². The molecule has 1 saturated carbocycles. The molecule has 0 N–H and O–H groups in total. The molecule has 3 aromatic rings. The molecule has 2 fully saturated rings. The van der Waals surface area contributed by atoms with Crippen molar-refractivity contribution in [3.63, 3.8) is 0 Å². The molecule has 5 rings (SSSR count). The first-order chi connectivity index (χ1) is 14.6. The summed E-state index contributed by atoms with van der Waals surface area (Å²) in [6.07, 6.45) is 4.28. The molecule has 1 amide bonds. The lowest BCUT2D eigenvalue weighted by molar-refractivity contribution is -0.118. The molecular formula is C21H24Cl2N6O. The molecule has 0 radical (unpaired) electrons. The quantitative estimate of drug-likeness (QED) is 0.569. The molecule has 1 aromatic carbocycles. The van der Waals surface area contributed by atoms with Crippen molar-refractivity contribution >= 4 is 41.1 Å². The first-order valence-electron chi connectivity index (χ1n) is 10.2. The smallest absolute Gasteiger partial charge is 0.209 e. The van der Waals surface area contributed by atoms with Crippen LogP contribution in [-0.4, -0.2) is 57.3 Å². The Morgan fingerprint density at radius 1 is 1.03 bits per heavy atom. The molecule has 1 aliphatic heterocycles. The molecule has 0 spiro atoms. The van der Waals surface area contributed by atoms with Gasteiger partial charge in [0.05, 0.1) is 10.0 Å². The van der Waals surface area contributed by atoms with Gasteiger partial charge >= 0.3 is 0 Å². The number of piperazine rings is 1. The Labute approximate surface area is 185 Å². The first kappa shape index (κ1) is 20.9. The average molecular weight is 447 g/mol. The van der Waals surface area contributed by atoms with Crippen molar-refractivity contribution in [2.75, 3.05) is 31.1 Å². The summed E-state index contributed by atoms with van der Waals surface area (Å²) in [5.41, 5.74) is 2.02. The van der Waals surface area contributed by atoms with Crippen molar-refractivity contribution in [1.82, 2.24) is 24.7 Å². The maximum absolute atomic E-state index is 10.7. The number of rotatable bonds is 4. The Morgan fingerprint density at radius 2 is 1.80 bits per heavy atom. The molecule has 9 heteroatoms. The van der Waals surface area contributed by atoms with Gasteiger partial charge in [-0.2, -0.15) is 4.52 Å². The summed E-state index contributed by atoms with van der Waals surface area (Å²) in [6.45, 7) is 5.22. The fourth-order valence-corrected chi connectivity index (χ4v) is 3.70. The Balaban J connectivity index is 0.000000185. The van der Waals surface area contributed by atoms with Crippen LogP contribution in [-0.2, 0) is 11.2 Å². The van der Waals surface area contributed by atoms with E-state index in [4.69, 9.17) is 23.2 Å². The molecule has 30 heavy (non-hydrogen) atoms. The summed E-state index contributed by atoms with van der Waals surface area (Å²) >= 11 is 11.5. The van der Waals surface area contributed by atoms with Crippen LogP contribution in [0.5, 0.6) is 0 Å². The van der Waals surface area contributed by atoms with Crippen LogP contribution in [0, 0.1) is 0 Å². The second-order valence-corrected chi connectivity index (χ2v) is 8.34. The van der Waals surface area contributed by atoms with Crippen LogP contribution in [0.25, 0.3) is 5.65 Å². The maximum atomic E-state index is 10.7. The third kappa shape index (κ3) is 4.68. The highest BCUT2D eigenvalue weighted by Gasteiger charge is 2.29. The van der Waals surface area contributed by atoms with Gasteiger partial charge in [-0.15, -0.1) is 15.3 Å². The number of hydrogen-bond donors (Lipinski definition) is 0. The number of carbonyl (C=O) groups is 1. The average Bonchev–Trinajstić information content (AvgIpc) is 3.54. The van der Waals surface area contributed by atoms with Crippen molar-refractivity contribution in [1.29, 1.82) is 0 Å². The van der Waals surface area contributed by atoms with Gasteiger partial charge in [-0.05, 0) is 49.1 Å². The van der Waals surface area contributed by atoms with Crippen molar-refractivity contribution < 1.29 is 4.79 Å². The summed E-state index contributed by atoms with van der Waals surface area (Å²) in [4.78, 5) is 14.7. The highest BCUT2D eigenvalue weighted by atomic mass is 35.5. The third-order valence-electron chi connectivity index (χ3n) is 5.39. The van der Waals surface area contributed by atoms with E-state index in [-0.39, 0.29) is 0 Å². The van der Waals surface area contributed by atoms with Crippen LogP contribution in [0.4, 0.5) is 5.82 Å². The predicted octanol–water partition coefficient (Wildman–Crippen LogP) is 3.84. The third-order valence-corrected chi connectivity index (χ3v) is 6.13. The molecule has 0 bridgehead atoms.